The van der Waals surface area contributed by atoms with Gasteiger partial charge in [0.25, 0.3) is 0 Å². The summed E-state index contributed by atoms with van der Waals surface area (Å²) in [4.78, 5) is 10.3. The van der Waals surface area contributed by atoms with Crippen LogP contribution in [0.25, 0.3) is 0 Å². The highest BCUT2D eigenvalue weighted by atomic mass is 16.5. The van der Waals surface area contributed by atoms with E-state index in [1.54, 1.807) is 7.11 Å². The molecule has 0 bridgehead atoms. The maximum absolute atomic E-state index is 10.3. The molecule has 1 aromatic rings. The number of carbonyl (C=O) groups is 1. The molecule has 0 atom stereocenters. The summed E-state index contributed by atoms with van der Waals surface area (Å²) < 4.78 is 5.22. The topological polar surface area (TPSA) is 58.6 Å². The monoisotopic (exact) mass is 223 g/mol. The molecule has 1 rings (SSSR count). The van der Waals surface area contributed by atoms with Crippen LogP contribution in [0.2, 0.25) is 0 Å². The second-order valence-corrected chi connectivity index (χ2v) is 3.46. The molecule has 0 radical (unpaired) electrons. The Kier molecular flexibility index (Phi) is 5.36. The third-order valence-corrected chi connectivity index (χ3v) is 2.28. The molecule has 0 spiro atoms. The van der Waals surface area contributed by atoms with E-state index in [0.29, 0.717) is 6.54 Å². The number of hydrogen-bond acceptors (Lipinski definition) is 3. The lowest BCUT2D eigenvalue weighted by atomic mass is 10.1. The molecule has 0 heterocycles. The molecule has 0 saturated heterocycles. The van der Waals surface area contributed by atoms with Crippen LogP contribution in [-0.2, 0) is 11.2 Å². The number of ether oxygens (including phenoxy) is 1. The molecule has 88 valence electrons. The number of para-hydroxylation sites is 1. The normalized spacial score (nSPS) is 10.1. The number of carboxylic acids is 1. The van der Waals surface area contributed by atoms with Gasteiger partial charge in [0, 0.05) is 6.54 Å². The minimum absolute atomic E-state index is 0.159. The lowest BCUT2D eigenvalue weighted by molar-refractivity contribution is -0.136. The van der Waals surface area contributed by atoms with Crippen LogP contribution < -0.4 is 10.1 Å². The van der Waals surface area contributed by atoms with E-state index in [2.05, 4.69) is 5.32 Å². The SMILES string of the molecule is COc1ccccc1CCNCCC(=O)O. The quantitative estimate of drug-likeness (QED) is 0.684. The number of aliphatic carboxylic acids is 1. The number of benzene rings is 1. The van der Waals surface area contributed by atoms with Crippen molar-refractivity contribution >= 4 is 5.97 Å². The number of rotatable bonds is 7. The van der Waals surface area contributed by atoms with Crippen LogP contribution >= 0.6 is 0 Å². The molecule has 4 heteroatoms. The second-order valence-electron chi connectivity index (χ2n) is 3.46. The van der Waals surface area contributed by atoms with Gasteiger partial charge >= 0.3 is 5.97 Å². The Labute approximate surface area is 95.2 Å². The summed E-state index contributed by atoms with van der Waals surface area (Å²) in [5.74, 6) is 0.104. The second kappa shape index (κ2) is 6.85. The van der Waals surface area contributed by atoms with Crippen molar-refractivity contribution in [3.05, 3.63) is 29.8 Å². The largest absolute Gasteiger partial charge is 0.496 e. The van der Waals surface area contributed by atoms with E-state index < -0.39 is 5.97 Å². The van der Waals surface area contributed by atoms with Gasteiger partial charge in [0.15, 0.2) is 0 Å². The van der Waals surface area contributed by atoms with Gasteiger partial charge in [-0.15, -0.1) is 0 Å². The Morgan fingerprint density at radius 2 is 2.12 bits per heavy atom. The molecule has 2 N–H and O–H groups in total. The molecule has 0 aliphatic rings. The van der Waals surface area contributed by atoms with Crippen molar-refractivity contribution in [2.24, 2.45) is 0 Å². The Morgan fingerprint density at radius 3 is 2.81 bits per heavy atom. The van der Waals surface area contributed by atoms with Gasteiger partial charge in [-0.3, -0.25) is 4.79 Å². The highest BCUT2D eigenvalue weighted by Gasteiger charge is 2.01. The van der Waals surface area contributed by atoms with Gasteiger partial charge in [0.1, 0.15) is 5.75 Å². The van der Waals surface area contributed by atoms with Gasteiger partial charge in [0.05, 0.1) is 13.5 Å². The number of carboxylic acid groups (broad SMARTS) is 1. The van der Waals surface area contributed by atoms with Crippen LogP contribution in [0.5, 0.6) is 5.75 Å². The zero-order valence-electron chi connectivity index (χ0n) is 9.40. The molecule has 0 aromatic heterocycles. The van der Waals surface area contributed by atoms with E-state index in [9.17, 15) is 4.79 Å². The van der Waals surface area contributed by atoms with Gasteiger partial charge in [-0.25, -0.2) is 0 Å². The minimum atomic E-state index is -0.773. The fourth-order valence-corrected chi connectivity index (χ4v) is 1.45. The standard InChI is InChI=1S/C12H17NO3/c1-16-11-5-3-2-4-10(11)6-8-13-9-7-12(14)15/h2-5,13H,6-9H2,1H3,(H,14,15). The van der Waals surface area contributed by atoms with Gasteiger partial charge in [-0.05, 0) is 24.6 Å². The molecule has 0 unspecified atom stereocenters. The van der Waals surface area contributed by atoms with Crippen LogP contribution in [0.15, 0.2) is 24.3 Å². The lowest BCUT2D eigenvalue weighted by Gasteiger charge is -2.08. The van der Waals surface area contributed by atoms with Crippen molar-refractivity contribution in [2.45, 2.75) is 12.8 Å². The summed E-state index contributed by atoms with van der Waals surface area (Å²) in [5.41, 5.74) is 1.13. The first-order valence-corrected chi connectivity index (χ1v) is 5.28. The van der Waals surface area contributed by atoms with Gasteiger partial charge in [-0.2, -0.15) is 0 Å². The third kappa shape index (κ3) is 4.31. The van der Waals surface area contributed by atoms with Crippen LogP contribution in [-0.4, -0.2) is 31.3 Å². The smallest absolute Gasteiger partial charge is 0.304 e. The molecule has 0 aliphatic heterocycles. The van der Waals surface area contributed by atoms with E-state index in [1.165, 1.54) is 0 Å². The predicted octanol–water partition coefficient (Wildman–Crippen LogP) is 1.30. The molecule has 4 nitrogen and oxygen atoms in total. The summed E-state index contributed by atoms with van der Waals surface area (Å²) in [6.45, 7) is 1.26. The van der Waals surface area contributed by atoms with E-state index >= 15 is 0 Å². The minimum Gasteiger partial charge on any atom is -0.496 e. The average Bonchev–Trinajstić information content (AvgIpc) is 2.29. The van der Waals surface area contributed by atoms with Crippen LogP contribution in [0.4, 0.5) is 0 Å². The zero-order chi connectivity index (χ0) is 11.8. The molecule has 1 aromatic carbocycles. The van der Waals surface area contributed by atoms with E-state index in [1.807, 2.05) is 24.3 Å². The van der Waals surface area contributed by atoms with Crippen molar-refractivity contribution in [2.75, 3.05) is 20.2 Å². The Hall–Kier alpha value is -1.55. The summed E-state index contributed by atoms with van der Waals surface area (Å²) in [6.07, 6.45) is 0.996. The zero-order valence-corrected chi connectivity index (χ0v) is 9.40. The first kappa shape index (κ1) is 12.5. The molecule has 0 fully saturated rings. The first-order valence-electron chi connectivity index (χ1n) is 5.28. The summed E-state index contributed by atoms with van der Waals surface area (Å²) in [5, 5.41) is 11.5. The van der Waals surface area contributed by atoms with Crippen molar-refractivity contribution in [3.8, 4) is 5.75 Å². The Morgan fingerprint density at radius 1 is 1.38 bits per heavy atom. The Balaban J connectivity index is 2.28. The van der Waals surface area contributed by atoms with Crippen molar-refractivity contribution in [1.29, 1.82) is 0 Å². The van der Waals surface area contributed by atoms with Crippen LogP contribution in [0, 0.1) is 0 Å². The van der Waals surface area contributed by atoms with Gasteiger partial charge < -0.3 is 15.2 Å². The highest BCUT2D eigenvalue weighted by molar-refractivity contribution is 5.66. The molecular weight excluding hydrogens is 206 g/mol. The maximum atomic E-state index is 10.3. The van der Waals surface area contributed by atoms with E-state index in [-0.39, 0.29) is 6.42 Å². The highest BCUT2D eigenvalue weighted by Crippen LogP contribution is 2.16. The van der Waals surface area contributed by atoms with Crippen molar-refractivity contribution < 1.29 is 14.6 Å². The van der Waals surface area contributed by atoms with E-state index in [0.717, 1.165) is 24.3 Å². The number of hydrogen-bond donors (Lipinski definition) is 2. The summed E-state index contributed by atoms with van der Waals surface area (Å²) >= 11 is 0. The molecule has 0 saturated carbocycles. The first-order chi connectivity index (χ1) is 7.74. The van der Waals surface area contributed by atoms with Crippen LogP contribution in [0.1, 0.15) is 12.0 Å². The molecule has 16 heavy (non-hydrogen) atoms. The molecular formula is C12H17NO3. The van der Waals surface area contributed by atoms with E-state index in [4.69, 9.17) is 9.84 Å². The fraction of sp³-hybridized carbons (Fsp3) is 0.417. The molecule has 0 amide bonds. The van der Waals surface area contributed by atoms with Crippen molar-refractivity contribution in [1.82, 2.24) is 5.32 Å². The number of nitrogens with one attached hydrogen (secondary N) is 1. The fourth-order valence-electron chi connectivity index (χ4n) is 1.45. The number of methoxy groups -OCH3 is 1. The molecule has 0 aliphatic carbocycles. The average molecular weight is 223 g/mol. The van der Waals surface area contributed by atoms with Crippen LogP contribution in [0.3, 0.4) is 0 Å². The van der Waals surface area contributed by atoms with Gasteiger partial charge in [-0.1, -0.05) is 18.2 Å². The van der Waals surface area contributed by atoms with Crippen molar-refractivity contribution in [3.63, 3.8) is 0 Å². The van der Waals surface area contributed by atoms with Gasteiger partial charge in [0.2, 0.25) is 0 Å². The third-order valence-electron chi connectivity index (χ3n) is 2.28. The summed E-state index contributed by atoms with van der Waals surface area (Å²) in [7, 11) is 1.65. The lowest BCUT2D eigenvalue weighted by Crippen LogP contribution is -2.20. The maximum Gasteiger partial charge on any atom is 0.304 e. The Bertz CT molecular complexity index is 339. The predicted molar refractivity (Wildman–Crippen MR) is 61.8 cm³/mol. The summed E-state index contributed by atoms with van der Waals surface area (Å²) in [6, 6.07) is 7.83.